The lowest BCUT2D eigenvalue weighted by Crippen LogP contribution is -2.19. The fraction of sp³-hybridized carbons (Fsp3) is 0.714. The number of H-pyrrole nitrogens is 1. The Balaban J connectivity index is 2.13. The van der Waals surface area contributed by atoms with Gasteiger partial charge in [0, 0.05) is 26.1 Å². The van der Waals surface area contributed by atoms with E-state index in [1.54, 1.807) is 13.3 Å². The number of rotatable bonds is 2. The van der Waals surface area contributed by atoms with E-state index in [4.69, 9.17) is 4.74 Å². The van der Waals surface area contributed by atoms with Gasteiger partial charge in [0.15, 0.2) is 0 Å². The Bertz CT molecular complexity index is 236. The normalized spacial score (nSPS) is 29.4. The summed E-state index contributed by atoms with van der Waals surface area (Å²) >= 11 is 0. The van der Waals surface area contributed by atoms with Crippen molar-refractivity contribution < 1.29 is 4.74 Å². The maximum absolute atomic E-state index is 5.30. The first-order chi connectivity index (χ1) is 5.92. The predicted octanol–water partition coefficient (Wildman–Crippen LogP) is -0.494. The van der Waals surface area contributed by atoms with Gasteiger partial charge in [-0.25, -0.2) is 0 Å². The highest BCUT2D eigenvalue weighted by molar-refractivity contribution is 5.08. The van der Waals surface area contributed by atoms with Crippen molar-refractivity contribution in [3.8, 4) is 0 Å². The van der Waals surface area contributed by atoms with Gasteiger partial charge in [0.25, 0.3) is 0 Å². The molecule has 1 saturated heterocycles. The smallest absolute Gasteiger partial charge is 0.0894 e. The van der Waals surface area contributed by atoms with E-state index in [-0.39, 0.29) is 6.10 Å². The Kier molecular flexibility index (Phi) is 2.05. The molecule has 1 aromatic heterocycles. The molecule has 0 bridgehead atoms. The molecule has 1 aliphatic rings. The molecule has 2 atom stereocenters. The Morgan fingerprint density at radius 3 is 3.17 bits per heavy atom. The molecule has 5 nitrogen and oxygen atoms in total. The Hall–Kier alpha value is -0.940. The van der Waals surface area contributed by atoms with Crippen LogP contribution in [0.15, 0.2) is 6.20 Å². The molecule has 2 N–H and O–H groups in total. The first-order valence-corrected chi connectivity index (χ1v) is 4.01. The van der Waals surface area contributed by atoms with Gasteiger partial charge >= 0.3 is 0 Å². The maximum Gasteiger partial charge on any atom is 0.0894 e. The third-order valence-corrected chi connectivity index (χ3v) is 2.27. The zero-order valence-corrected chi connectivity index (χ0v) is 6.95. The molecule has 2 rings (SSSR count). The molecule has 2 heterocycles. The van der Waals surface area contributed by atoms with Crippen molar-refractivity contribution in [3.05, 3.63) is 11.9 Å². The van der Waals surface area contributed by atoms with Crippen LogP contribution in [0.1, 0.15) is 11.6 Å². The van der Waals surface area contributed by atoms with Gasteiger partial charge in [-0.15, -0.1) is 0 Å². The van der Waals surface area contributed by atoms with Gasteiger partial charge in [-0.2, -0.15) is 15.4 Å². The molecular weight excluding hydrogens is 156 g/mol. The molecule has 0 amide bonds. The fourth-order valence-electron chi connectivity index (χ4n) is 1.59. The summed E-state index contributed by atoms with van der Waals surface area (Å²) in [5, 5.41) is 13.7. The first kappa shape index (κ1) is 7.70. The average Bonchev–Trinajstić information content (AvgIpc) is 2.74. The lowest BCUT2D eigenvalue weighted by Gasteiger charge is -2.13. The number of aromatic amines is 1. The van der Waals surface area contributed by atoms with Crippen molar-refractivity contribution in [1.82, 2.24) is 20.7 Å². The summed E-state index contributed by atoms with van der Waals surface area (Å²) in [7, 11) is 1.73. The quantitative estimate of drug-likeness (QED) is 0.625. The van der Waals surface area contributed by atoms with Crippen LogP contribution in [0, 0.1) is 0 Å². The first-order valence-electron chi connectivity index (χ1n) is 4.01. The fourth-order valence-corrected chi connectivity index (χ4v) is 1.59. The number of aromatic nitrogens is 3. The summed E-state index contributed by atoms with van der Waals surface area (Å²) in [4.78, 5) is 0. The van der Waals surface area contributed by atoms with Crippen molar-refractivity contribution in [1.29, 1.82) is 0 Å². The minimum absolute atomic E-state index is 0.232. The molecule has 0 aromatic carbocycles. The molecule has 0 radical (unpaired) electrons. The highest BCUT2D eigenvalue weighted by Gasteiger charge is 2.29. The standard InChI is InChI=1S/C7H12N4O/c1-12-7-4-8-2-5(7)6-3-9-11-10-6/h3,5,7-8H,2,4H2,1H3,(H,9,10,11)/t5-,7+/m1/s1. The molecule has 1 fully saturated rings. The zero-order valence-electron chi connectivity index (χ0n) is 6.95. The Morgan fingerprint density at radius 1 is 1.58 bits per heavy atom. The van der Waals surface area contributed by atoms with Crippen LogP contribution in [0.3, 0.4) is 0 Å². The minimum Gasteiger partial charge on any atom is -0.379 e. The largest absolute Gasteiger partial charge is 0.379 e. The molecule has 0 saturated carbocycles. The molecule has 1 aromatic rings. The molecule has 1 aliphatic heterocycles. The van der Waals surface area contributed by atoms with Gasteiger partial charge in [0.05, 0.1) is 18.0 Å². The lowest BCUT2D eigenvalue weighted by molar-refractivity contribution is 0.104. The van der Waals surface area contributed by atoms with Gasteiger partial charge in [0.1, 0.15) is 0 Å². The summed E-state index contributed by atoms with van der Waals surface area (Å²) in [5.41, 5.74) is 0.979. The van der Waals surface area contributed by atoms with Gasteiger partial charge in [-0.05, 0) is 0 Å². The van der Waals surface area contributed by atoms with Crippen molar-refractivity contribution in [2.75, 3.05) is 20.2 Å². The van der Waals surface area contributed by atoms with Crippen molar-refractivity contribution in [2.24, 2.45) is 0 Å². The van der Waals surface area contributed by atoms with Gasteiger partial charge < -0.3 is 10.1 Å². The summed E-state index contributed by atoms with van der Waals surface area (Å²) in [6.45, 7) is 1.82. The molecular formula is C7H12N4O. The second-order valence-electron chi connectivity index (χ2n) is 2.93. The molecule has 5 heteroatoms. The highest BCUT2D eigenvalue weighted by atomic mass is 16.5. The third-order valence-electron chi connectivity index (χ3n) is 2.27. The third kappa shape index (κ3) is 1.21. The van der Waals surface area contributed by atoms with Crippen LogP contribution in [0.25, 0.3) is 0 Å². The SMILES string of the molecule is CO[C@H]1CNC[C@@H]1c1cn[nH]n1. The summed E-state index contributed by atoms with van der Waals surface area (Å²) < 4.78 is 5.30. The van der Waals surface area contributed by atoms with Crippen LogP contribution >= 0.6 is 0 Å². The van der Waals surface area contributed by atoms with Crippen LogP contribution < -0.4 is 5.32 Å². The molecule has 66 valence electrons. The summed E-state index contributed by atoms with van der Waals surface area (Å²) in [6, 6.07) is 0. The van der Waals surface area contributed by atoms with Crippen molar-refractivity contribution in [2.45, 2.75) is 12.0 Å². The van der Waals surface area contributed by atoms with E-state index in [2.05, 4.69) is 20.7 Å². The minimum atomic E-state index is 0.232. The number of ether oxygens (including phenoxy) is 1. The van der Waals surface area contributed by atoms with E-state index in [0.717, 1.165) is 18.8 Å². The topological polar surface area (TPSA) is 62.8 Å². The Labute approximate surface area is 70.5 Å². The Morgan fingerprint density at radius 2 is 2.50 bits per heavy atom. The van der Waals surface area contributed by atoms with Crippen LogP contribution in [0.5, 0.6) is 0 Å². The number of nitrogens with one attached hydrogen (secondary N) is 2. The molecule has 0 unspecified atom stereocenters. The molecule has 0 spiro atoms. The van der Waals surface area contributed by atoms with Crippen LogP contribution in [-0.4, -0.2) is 41.7 Å². The van der Waals surface area contributed by atoms with E-state index < -0.39 is 0 Å². The summed E-state index contributed by atoms with van der Waals surface area (Å²) in [6.07, 6.45) is 1.99. The van der Waals surface area contributed by atoms with Crippen molar-refractivity contribution in [3.63, 3.8) is 0 Å². The number of nitrogens with zero attached hydrogens (tertiary/aromatic N) is 2. The second-order valence-corrected chi connectivity index (χ2v) is 2.93. The van der Waals surface area contributed by atoms with E-state index in [9.17, 15) is 0 Å². The number of hydrogen-bond acceptors (Lipinski definition) is 4. The van der Waals surface area contributed by atoms with Crippen LogP contribution in [0.2, 0.25) is 0 Å². The molecule has 0 aliphatic carbocycles. The average molecular weight is 168 g/mol. The number of methoxy groups -OCH3 is 1. The molecule has 12 heavy (non-hydrogen) atoms. The van der Waals surface area contributed by atoms with Gasteiger partial charge in [0.2, 0.25) is 0 Å². The second kappa shape index (κ2) is 3.20. The highest BCUT2D eigenvalue weighted by Crippen LogP contribution is 2.21. The van der Waals surface area contributed by atoms with E-state index in [0.29, 0.717) is 5.92 Å². The summed E-state index contributed by atoms with van der Waals surface area (Å²) in [5.74, 6) is 0.341. The zero-order chi connectivity index (χ0) is 8.39. The van der Waals surface area contributed by atoms with Crippen LogP contribution in [0.4, 0.5) is 0 Å². The van der Waals surface area contributed by atoms with Gasteiger partial charge in [-0.1, -0.05) is 0 Å². The monoisotopic (exact) mass is 168 g/mol. The van der Waals surface area contributed by atoms with Crippen LogP contribution in [-0.2, 0) is 4.74 Å². The van der Waals surface area contributed by atoms with E-state index >= 15 is 0 Å². The lowest BCUT2D eigenvalue weighted by atomic mass is 10.0. The van der Waals surface area contributed by atoms with E-state index in [1.165, 1.54) is 0 Å². The van der Waals surface area contributed by atoms with Gasteiger partial charge in [-0.3, -0.25) is 0 Å². The maximum atomic E-state index is 5.30. The van der Waals surface area contributed by atoms with E-state index in [1.807, 2.05) is 0 Å². The number of hydrogen-bond donors (Lipinski definition) is 2. The van der Waals surface area contributed by atoms with Crippen molar-refractivity contribution >= 4 is 0 Å². The predicted molar refractivity (Wildman–Crippen MR) is 42.8 cm³/mol.